The van der Waals surface area contributed by atoms with Gasteiger partial charge in [-0.05, 0) is 41.0 Å². The predicted molar refractivity (Wildman–Crippen MR) is 128 cm³/mol. The minimum Gasteiger partial charge on any atom is -0.308 e. The minimum absolute atomic E-state index is 1.19. The maximum Gasteiger partial charge on any atom is 0.0619 e. The number of aryl methyl sites for hydroxylation is 1. The van der Waals surface area contributed by atoms with Crippen LogP contribution in [-0.4, -0.2) is 4.57 Å². The maximum atomic E-state index is 2.44. The summed E-state index contributed by atoms with van der Waals surface area (Å²) in [7, 11) is 0. The van der Waals surface area contributed by atoms with Crippen LogP contribution in [0.4, 0.5) is 0 Å². The number of fused-ring (bicyclic) bond motifs is 4. The number of benzene rings is 5. The van der Waals surface area contributed by atoms with Gasteiger partial charge < -0.3 is 4.57 Å². The van der Waals surface area contributed by atoms with E-state index in [9.17, 15) is 0 Å². The van der Waals surface area contributed by atoms with Crippen molar-refractivity contribution in [3.05, 3.63) is 115 Å². The maximum absolute atomic E-state index is 2.44. The van der Waals surface area contributed by atoms with Gasteiger partial charge in [0.25, 0.3) is 0 Å². The number of aromatic nitrogens is 1. The lowest BCUT2D eigenvalue weighted by atomic mass is 9.96. The van der Waals surface area contributed by atoms with E-state index >= 15 is 0 Å². The first-order valence-electron chi connectivity index (χ1n) is 10.4. The van der Waals surface area contributed by atoms with Gasteiger partial charge in [-0.3, -0.25) is 0 Å². The summed E-state index contributed by atoms with van der Waals surface area (Å²) in [5, 5.41) is 5.15. The Bertz CT molecular complexity index is 1530. The van der Waals surface area contributed by atoms with Crippen LogP contribution < -0.4 is 0 Å². The average molecular weight is 383 g/mol. The number of rotatable bonds is 2. The van der Waals surface area contributed by atoms with Gasteiger partial charge >= 0.3 is 0 Å². The SMILES string of the molecule is Cc1cccc2c3cccc(-c4cccc5ccccc45)c3n(-c3ccccc3)c12. The van der Waals surface area contributed by atoms with Crippen LogP contribution in [0.5, 0.6) is 0 Å². The molecule has 6 aromatic rings. The molecule has 5 aromatic carbocycles. The molecule has 1 aromatic heterocycles. The van der Waals surface area contributed by atoms with E-state index in [0.717, 1.165) is 0 Å². The van der Waals surface area contributed by atoms with Gasteiger partial charge in [-0.25, -0.2) is 0 Å². The first-order valence-corrected chi connectivity index (χ1v) is 10.4. The summed E-state index contributed by atoms with van der Waals surface area (Å²) in [5.41, 5.74) is 7.58. The van der Waals surface area contributed by atoms with E-state index in [1.54, 1.807) is 0 Å². The number of hydrogen-bond acceptors (Lipinski definition) is 0. The van der Waals surface area contributed by atoms with Crippen molar-refractivity contribution in [2.75, 3.05) is 0 Å². The quantitative estimate of drug-likeness (QED) is 0.286. The molecule has 0 radical (unpaired) electrons. The Morgan fingerprint density at radius 3 is 1.93 bits per heavy atom. The zero-order chi connectivity index (χ0) is 20.1. The molecule has 30 heavy (non-hydrogen) atoms. The van der Waals surface area contributed by atoms with E-state index in [1.807, 2.05) is 0 Å². The molecule has 0 spiro atoms. The zero-order valence-electron chi connectivity index (χ0n) is 16.8. The van der Waals surface area contributed by atoms with Crippen molar-refractivity contribution in [2.45, 2.75) is 6.92 Å². The van der Waals surface area contributed by atoms with Crippen LogP contribution in [0.3, 0.4) is 0 Å². The highest BCUT2D eigenvalue weighted by molar-refractivity contribution is 6.16. The average Bonchev–Trinajstić information content (AvgIpc) is 3.15. The number of nitrogens with zero attached hydrogens (tertiary/aromatic N) is 1. The van der Waals surface area contributed by atoms with Gasteiger partial charge in [0.1, 0.15) is 0 Å². The molecule has 0 aliphatic heterocycles. The Kier molecular flexibility index (Phi) is 3.75. The van der Waals surface area contributed by atoms with Crippen LogP contribution >= 0.6 is 0 Å². The molecule has 142 valence electrons. The molecule has 1 heteroatoms. The molecular formula is C29H21N. The molecule has 0 saturated heterocycles. The lowest BCUT2D eigenvalue weighted by molar-refractivity contribution is 1.17. The highest BCUT2D eigenvalue weighted by Gasteiger charge is 2.18. The minimum atomic E-state index is 1.19. The normalized spacial score (nSPS) is 11.5. The molecule has 0 fully saturated rings. The molecule has 6 rings (SSSR count). The molecular weight excluding hydrogens is 362 g/mol. The van der Waals surface area contributed by atoms with Crippen molar-refractivity contribution in [1.82, 2.24) is 4.57 Å². The topological polar surface area (TPSA) is 4.93 Å². The van der Waals surface area contributed by atoms with Crippen LogP contribution in [0.1, 0.15) is 5.56 Å². The second kappa shape index (κ2) is 6.60. The van der Waals surface area contributed by atoms with E-state index in [4.69, 9.17) is 0 Å². The van der Waals surface area contributed by atoms with E-state index in [2.05, 4.69) is 121 Å². The van der Waals surface area contributed by atoms with Crippen molar-refractivity contribution in [3.8, 4) is 16.8 Å². The summed E-state index contributed by atoms with van der Waals surface area (Å²) in [6.45, 7) is 2.21. The first-order chi connectivity index (χ1) is 14.8. The van der Waals surface area contributed by atoms with E-state index < -0.39 is 0 Å². The van der Waals surface area contributed by atoms with E-state index in [1.165, 1.54) is 55.0 Å². The third-order valence-corrected chi connectivity index (χ3v) is 6.11. The fourth-order valence-electron chi connectivity index (χ4n) is 4.80. The molecule has 0 aliphatic rings. The van der Waals surface area contributed by atoms with Gasteiger partial charge in [0.2, 0.25) is 0 Å². The summed E-state index contributed by atoms with van der Waals surface area (Å²) >= 11 is 0. The second-order valence-electron chi connectivity index (χ2n) is 7.87. The number of para-hydroxylation sites is 3. The van der Waals surface area contributed by atoms with Gasteiger partial charge in [-0.1, -0.05) is 97.1 Å². The molecule has 0 bridgehead atoms. The van der Waals surface area contributed by atoms with E-state index in [0.29, 0.717) is 0 Å². The number of hydrogen-bond donors (Lipinski definition) is 0. The summed E-state index contributed by atoms with van der Waals surface area (Å²) in [6, 6.07) is 39.3. The van der Waals surface area contributed by atoms with Crippen molar-refractivity contribution in [3.63, 3.8) is 0 Å². The van der Waals surface area contributed by atoms with Crippen LogP contribution in [0.2, 0.25) is 0 Å². The standard InChI is InChI=1S/C29H21N/c1-20-10-7-17-26-27-19-9-18-25(24-16-8-12-21-11-5-6-15-23(21)24)29(27)30(28(20)26)22-13-3-2-4-14-22/h2-19H,1H3. The monoisotopic (exact) mass is 383 g/mol. The van der Waals surface area contributed by atoms with Gasteiger partial charge in [0.05, 0.1) is 11.0 Å². The molecule has 0 aliphatic carbocycles. The smallest absolute Gasteiger partial charge is 0.0619 e. The molecule has 0 unspecified atom stereocenters. The molecule has 0 N–H and O–H groups in total. The molecule has 0 atom stereocenters. The van der Waals surface area contributed by atoms with Gasteiger partial charge in [0.15, 0.2) is 0 Å². The molecule has 1 nitrogen and oxygen atoms in total. The van der Waals surface area contributed by atoms with Crippen molar-refractivity contribution in [1.29, 1.82) is 0 Å². The Morgan fingerprint density at radius 1 is 0.467 bits per heavy atom. The van der Waals surface area contributed by atoms with E-state index in [-0.39, 0.29) is 0 Å². The third kappa shape index (κ3) is 2.42. The fraction of sp³-hybridized carbons (Fsp3) is 0.0345. The van der Waals surface area contributed by atoms with Crippen molar-refractivity contribution in [2.24, 2.45) is 0 Å². The Hall–Kier alpha value is -3.84. The molecule has 1 heterocycles. The van der Waals surface area contributed by atoms with Crippen LogP contribution in [0.25, 0.3) is 49.4 Å². The zero-order valence-corrected chi connectivity index (χ0v) is 16.8. The summed E-state index contributed by atoms with van der Waals surface area (Å²) in [6.07, 6.45) is 0. The van der Waals surface area contributed by atoms with Gasteiger partial charge in [-0.2, -0.15) is 0 Å². The van der Waals surface area contributed by atoms with Crippen LogP contribution in [0.15, 0.2) is 109 Å². The second-order valence-corrected chi connectivity index (χ2v) is 7.87. The van der Waals surface area contributed by atoms with Crippen LogP contribution in [0, 0.1) is 6.92 Å². The molecule has 0 amide bonds. The Labute approximate surface area is 175 Å². The van der Waals surface area contributed by atoms with Crippen molar-refractivity contribution < 1.29 is 0 Å². The van der Waals surface area contributed by atoms with Crippen molar-refractivity contribution >= 4 is 32.6 Å². The predicted octanol–water partition coefficient (Wildman–Crippen LogP) is 7.91. The fourth-order valence-corrected chi connectivity index (χ4v) is 4.80. The summed E-state index contributed by atoms with van der Waals surface area (Å²) in [5.74, 6) is 0. The molecule has 0 saturated carbocycles. The third-order valence-electron chi connectivity index (χ3n) is 6.11. The lowest BCUT2D eigenvalue weighted by Gasteiger charge is -2.14. The highest BCUT2D eigenvalue weighted by Crippen LogP contribution is 2.40. The van der Waals surface area contributed by atoms with Gasteiger partial charge in [0, 0.05) is 22.0 Å². The first kappa shape index (κ1) is 17.1. The summed E-state index contributed by atoms with van der Waals surface area (Å²) in [4.78, 5) is 0. The summed E-state index contributed by atoms with van der Waals surface area (Å²) < 4.78 is 2.44. The van der Waals surface area contributed by atoms with Gasteiger partial charge in [-0.15, -0.1) is 0 Å². The largest absolute Gasteiger partial charge is 0.308 e. The van der Waals surface area contributed by atoms with Crippen LogP contribution in [-0.2, 0) is 0 Å². The highest BCUT2D eigenvalue weighted by atomic mass is 15.0. The lowest BCUT2D eigenvalue weighted by Crippen LogP contribution is -1.96. The Balaban J connectivity index is 1.84. The Morgan fingerprint density at radius 2 is 1.07 bits per heavy atom.